The van der Waals surface area contributed by atoms with Gasteiger partial charge < -0.3 is 15.6 Å². The maximum Gasteiger partial charge on any atom is 0.226 e. The lowest BCUT2D eigenvalue weighted by Crippen LogP contribution is -2.56. The van der Waals surface area contributed by atoms with Crippen molar-refractivity contribution >= 4 is 0 Å². The molecule has 0 fully saturated rings. The standard InChI is InChI=1S/C15H32N2O2/c1-11(13(2,3)4)10-12(16)17(9)15(8,18)19-14(5,6)7/h10,12,18H,16H2,1-9H3/b11-10+. The molecule has 0 aliphatic heterocycles. The van der Waals surface area contributed by atoms with E-state index in [0.29, 0.717) is 0 Å². The molecule has 0 bridgehead atoms. The van der Waals surface area contributed by atoms with Crippen molar-refractivity contribution in [2.24, 2.45) is 11.1 Å². The maximum atomic E-state index is 10.4. The van der Waals surface area contributed by atoms with Crippen LogP contribution >= 0.6 is 0 Å². The van der Waals surface area contributed by atoms with Crippen LogP contribution in [-0.2, 0) is 4.74 Å². The molecule has 0 rings (SSSR count). The van der Waals surface area contributed by atoms with Crippen molar-refractivity contribution in [2.45, 2.75) is 73.1 Å². The first-order valence-electron chi connectivity index (χ1n) is 6.77. The number of aliphatic hydroxyl groups is 1. The third-order valence-electron chi connectivity index (χ3n) is 3.20. The molecule has 2 unspecified atom stereocenters. The summed E-state index contributed by atoms with van der Waals surface area (Å²) in [5.74, 6) is -1.41. The summed E-state index contributed by atoms with van der Waals surface area (Å²) in [6.45, 7) is 15.8. The van der Waals surface area contributed by atoms with Crippen molar-refractivity contribution in [1.29, 1.82) is 0 Å². The first-order valence-corrected chi connectivity index (χ1v) is 6.77. The molecule has 3 N–H and O–H groups in total. The lowest BCUT2D eigenvalue weighted by atomic mass is 9.87. The summed E-state index contributed by atoms with van der Waals surface area (Å²) in [6.07, 6.45) is 1.55. The molecule has 0 aromatic heterocycles. The highest BCUT2D eigenvalue weighted by molar-refractivity contribution is 5.10. The Morgan fingerprint density at radius 1 is 1.16 bits per heavy atom. The van der Waals surface area contributed by atoms with Crippen LogP contribution in [0.4, 0.5) is 0 Å². The Morgan fingerprint density at radius 3 is 1.89 bits per heavy atom. The number of likely N-dealkylation sites (N-methyl/N-ethyl adjacent to an activating group) is 1. The summed E-state index contributed by atoms with van der Waals surface area (Å²) < 4.78 is 5.65. The van der Waals surface area contributed by atoms with E-state index in [4.69, 9.17) is 10.5 Å². The molecule has 4 heteroatoms. The van der Waals surface area contributed by atoms with E-state index < -0.39 is 17.7 Å². The first kappa shape index (κ1) is 18.6. The molecule has 0 aromatic carbocycles. The average molecular weight is 272 g/mol. The van der Waals surface area contributed by atoms with Crippen LogP contribution in [0.15, 0.2) is 11.6 Å². The van der Waals surface area contributed by atoms with E-state index in [9.17, 15) is 5.11 Å². The predicted molar refractivity (Wildman–Crippen MR) is 80.4 cm³/mol. The zero-order valence-electron chi connectivity index (χ0n) is 14.0. The van der Waals surface area contributed by atoms with Crippen LogP contribution in [0.5, 0.6) is 0 Å². The van der Waals surface area contributed by atoms with E-state index in [2.05, 4.69) is 20.8 Å². The van der Waals surface area contributed by atoms with E-state index in [1.807, 2.05) is 33.8 Å². The number of hydrogen-bond acceptors (Lipinski definition) is 4. The van der Waals surface area contributed by atoms with Gasteiger partial charge >= 0.3 is 0 Å². The fourth-order valence-electron chi connectivity index (χ4n) is 1.55. The summed E-state index contributed by atoms with van der Waals surface area (Å²) in [6, 6.07) is 0. The van der Waals surface area contributed by atoms with Gasteiger partial charge in [-0.1, -0.05) is 32.4 Å². The number of hydrogen-bond donors (Lipinski definition) is 2. The lowest BCUT2D eigenvalue weighted by molar-refractivity contribution is -0.316. The van der Waals surface area contributed by atoms with Gasteiger partial charge in [0.1, 0.15) is 0 Å². The number of rotatable bonds is 4. The van der Waals surface area contributed by atoms with Gasteiger partial charge in [0.2, 0.25) is 5.91 Å². The molecule has 0 aliphatic carbocycles. The number of ether oxygens (including phenoxy) is 1. The van der Waals surface area contributed by atoms with Crippen LogP contribution in [-0.4, -0.2) is 34.7 Å². The Kier molecular flexibility index (Phi) is 5.79. The number of allylic oxidation sites excluding steroid dienone is 1. The normalized spacial score (nSPS) is 19.5. The van der Waals surface area contributed by atoms with Gasteiger partial charge in [-0.05, 0) is 40.2 Å². The summed E-state index contributed by atoms with van der Waals surface area (Å²) >= 11 is 0. The molecule has 114 valence electrons. The molecule has 0 saturated carbocycles. The average Bonchev–Trinajstić information content (AvgIpc) is 2.10. The van der Waals surface area contributed by atoms with Crippen molar-refractivity contribution in [3.05, 3.63) is 11.6 Å². The van der Waals surface area contributed by atoms with Gasteiger partial charge in [-0.2, -0.15) is 0 Å². The quantitative estimate of drug-likeness (QED) is 0.610. The smallest absolute Gasteiger partial charge is 0.226 e. The lowest BCUT2D eigenvalue weighted by Gasteiger charge is -2.41. The van der Waals surface area contributed by atoms with Crippen LogP contribution in [0.25, 0.3) is 0 Å². The highest BCUT2D eigenvalue weighted by atomic mass is 16.7. The van der Waals surface area contributed by atoms with Crippen molar-refractivity contribution in [3.8, 4) is 0 Å². The van der Waals surface area contributed by atoms with Gasteiger partial charge in [-0.15, -0.1) is 0 Å². The second-order valence-corrected chi connectivity index (χ2v) is 7.35. The second-order valence-electron chi connectivity index (χ2n) is 7.35. The molecule has 19 heavy (non-hydrogen) atoms. The van der Waals surface area contributed by atoms with Gasteiger partial charge in [0.05, 0.1) is 11.8 Å². The largest absolute Gasteiger partial charge is 0.353 e. The van der Waals surface area contributed by atoms with Gasteiger partial charge in [0.15, 0.2) is 0 Å². The number of nitrogens with two attached hydrogens (primary N) is 1. The first-order chi connectivity index (χ1) is 8.17. The Labute approximate surface area is 118 Å². The van der Waals surface area contributed by atoms with Gasteiger partial charge in [-0.25, -0.2) is 4.90 Å². The Bertz CT molecular complexity index is 322. The van der Waals surface area contributed by atoms with Crippen LogP contribution in [0, 0.1) is 5.41 Å². The van der Waals surface area contributed by atoms with Crippen molar-refractivity contribution in [2.75, 3.05) is 7.05 Å². The minimum absolute atomic E-state index is 0.0647. The van der Waals surface area contributed by atoms with Crippen LogP contribution in [0.3, 0.4) is 0 Å². The summed E-state index contributed by atoms with van der Waals surface area (Å²) in [7, 11) is 1.75. The molecular formula is C15H32N2O2. The van der Waals surface area contributed by atoms with Crippen molar-refractivity contribution < 1.29 is 9.84 Å². The van der Waals surface area contributed by atoms with E-state index in [-0.39, 0.29) is 5.41 Å². The van der Waals surface area contributed by atoms with E-state index in [0.717, 1.165) is 0 Å². The van der Waals surface area contributed by atoms with E-state index in [1.54, 1.807) is 18.9 Å². The third kappa shape index (κ3) is 6.52. The summed E-state index contributed by atoms with van der Waals surface area (Å²) in [5.41, 5.74) is 6.93. The summed E-state index contributed by atoms with van der Waals surface area (Å²) in [4.78, 5) is 1.62. The zero-order chi connectivity index (χ0) is 15.6. The van der Waals surface area contributed by atoms with Crippen LogP contribution in [0.1, 0.15) is 55.4 Å². The van der Waals surface area contributed by atoms with Crippen molar-refractivity contribution in [3.63, 3.8) is 0 Å². The fraction of sp³-hybridized carbons (Fsp3) is 0.867. The molecule has 0 radical (unpaired) electrons. The highest BCUT2D eigenvalue weighted by Crippen LogP contribution is 2.26. The maximum absolute atomic E-state index is 10.4. The topological polar surface area (TPSA) is 58.7 Å². The van der Waals surface area contributed by atoms with E-state index in [1.165, 1.54) is 5.57 Å². The summed E-state index contributed by atoms with van der Waals surface area (Å²) in [5, 5.41) is 10.4. The molecule has 0 amide bonds. The molecular weight excluding hydrogens is 240 g/mol. The van der Waals surface area contributed by atoms with Gasteiger partial charge in [0.25, 0.3) is 0 Å². The highest BCUT2D eigenvalue weighted by Gasteiger charge is 2.34. The van der Waals surface area contributed by atoms with Crippen molar-refractivity contribution in [1.82, 2.24) is 4.90 Å². The fourth-order valence-corrected chi connectivity index (χ4v) is 1.55. The predicted octanol–water partition coefficient (Wildman–Crippen LogP) is 2.68. The van der Waals surface area contributed by atoms with Crippen LogP contribution < -0.4 is 5.73 Å². The zero-order valence-corrected chi connectivity index (χ0v) is 14.0. The van der Waals surface area contributed by atoms with Gasteiger partial charge in [0, 0.05) is 6.92 Å². The minimum Gasteiger partial charge on any atom is -0.353 e. The Balaban J connectivity index is 4.96. The van der Waals surface area contributed by atoms with E-state index >= 15 is 0 Å². The Hall–Kier alpha value is -0.420. The van der Waals surface area contributed by atoms with Crippen LogP contribution in [0.2, 0.25) is 0 Å². The molecule has 0 aliphatic rings. The second kappa shape index (κ2) is 5.92. The Morgan fingerprint density at radius 2 is 1.58 bits per heavy atom. The minimum atomic E-state index is -1.41. The monoisotopic (exact) mass is 272 g/mol. The molecule has 4 nitrogen and oxygen atoms in total. The molecule has 0 heterocycles. The number of nitrogens with zero attached hydrogens (tertiary/aromatic N) is 1. The molecule has 0 saturated heterocycles. The molecule has 2 atom stereocenters. The molecule has 0 aromatic rings. The molecule has 0 spiro atoms. The SMILES string of the molecule is C/C(=C\C(N)N(C)C(C)(O)OC(C)(C)C)C(C)(C)C. The third-order valence-corrected chi connectivity index (χ3v) is 3.20. The van der Waals surface area contributed by atoms with Gasteiger partial charge in [-0.3, -0.25) is 0 Å².